The topological polar surface area (TPSA) is 47.9 Å². The van der Waals surface area contributed by atoms with Gasteiger partial charge in [-0.25, -0.2) is 0 Å². The summed E-state index contributed by atoms with van der Waals surface area (Å²) in [4.78, 5) is 0. The van der Waals surface area contributed by atoms with Crippen molar-refractivity contribution in [3.8, 4) is 0 Å². The molecule has 2 saturated heterocycles. The minimum Gasteiger partial charge on any atom is -0.411 e. The van der Waals surface area contributed by atoms with Crippen molar-refractivity contribution in [1.82, 2.24) is 0 Å². The maximum atomic E-state index is 10.5. The van der Waals surface area contributed by atoms with Crippen molar-refractivity contribution in [3.63, 3.8) is 0 Å². The van der Waals surface area contributed by atoms with Gasteiger partial charge in [0, 0.05) is 0 Å². The van der Waals surface area contributed by atoms with Gasteiger partial charge in [0.1, 0.15) is 0 Å². The van der Waals surface area contributed by atoms with Crippen molar-refractivity contribution in [3.05, 3.63) is 12.7 Å². The average Bonchev–Trinajstić information content (AvgIpc) is 3.47. The Morgan fingerprint density at radius 2 is 1.43 bits per heavy atom. The molecule has 0 amide bonds. The Bertz CT molecular complexity index is 587. The van der Waals surface area contributed by atoms with Gasteiger partial charge in [-0.05, 0) is 63.1 Å². The summed E-state index contributed by atoms with van der Waals surface area (Å²) < 4.78 is 20.0. The van der Waals surface area contributed by atoms with Crippen molar-refractivity contribution in [2.75, 3.05) is 0 Å². The van der Waals surface area contributed by atoms with Crippen molar-refractivity contribution in [2.24, 2.45) is 0 Å². The molecular formula is C30H58O4Si. The first-order valence-corrected chi connectivity index (χ1v) is 17.8. The highest BCUT2D eigenvalue weighted by molar-refractivity contribution is 6.74. The van der Waals surface area contributed by atoms with Gasteiger partial charge in [0.25, 0.3) is 0 Å². The van der Waals surface area contributed by atoms with Gasteiger partial charge in [-0.3, -0.25) is 0 Å². The Labute approximate surface area is 218 Å². The third kappa shape index (κ3) is 10.2. The standard InChI is InChI=1S/C30H58O4Si/c1-8-10-12-13-14-15-16-17-19-29(34-35(6,7)30(3,4)5)28-23-22-27(33-28)26-21-20-25(32-26)24(31)18-11-9-2/h9,24-29,31H,2,8,10-23H2,1,3-7H3/t24-,25+,26+,27+,28-,29-/m1/s1. The fraction of sp³-hybridized carbons (Fsp3) is 0.933. The molecule has 2 fully saturated rings. The number of allylic oxidation sites excluding steroid dienone is 1. The maximum Gasteiger partial charge on any atom is 0.192 e. The van der Waals surface area contributed by atoms with E-state index in [1.807, 2.05) is 6.08 Å². The number of rotatable bonds is 17. The Morgan fingerprint density at radius 3 is 2.00 bits per heavy atom. The monoisotopic (exact) mass is 510 g/mol. The Hall–Kier alpha value is -0.203. The van der Waals surface area contributed by atoms with E-state index in [-0.39, 0.29) is 35.6 Å². The summed E-state index contributed by atoms with van der Waals surface area (Å²) in [6, 6.07) is 0. The summed E-state index contributed by atoms with van der Waals surface area (Å²) in [5.41, 5.74) is 0. The molecule has 0 aromatic rings. The molecule has 2 aliphatic heterocycles. The van der Waals surface area contributed by atoms with Gasteiger partial charge in [-0.1, -0.05) is 85.1 Å². The predicted octanol–water partition coefficient (Wildman–Crippen LogP) is 8.33. The molecule has 206 valence electrons. The molecule has 5 heteroatoms. The van der Waals surface area contributed by atoms with Crippen LogP contribution < -0.4 is 0 Å². The zero-order chi connectivity index (χ0) is 25.9. The second-order valence-corrected chi connectivity index (χ2v) is 17.5. The molecule has 2 rings (SSSR count). The minimum absolute atomic E-state index is 0.0563. The number of hydrogen-bond acceptors (Lipinski definition) is 4. The average molecular weight is 511 g/mol. The number of hydrogen-bond donors (Lipinski definition) is 1. The molecule has 0 aromatic carbocycles. The number of ether oxygens (including phenoxy) is 2. The highest BCUT2D eigenvalue weighted by Crippen LogP contribution is 2.41. The Morgan fingerprint density at radius 1 is 0.886 bits per heavy atom. The zero-order valence-electron chi connectivity index (χ0n) is 24.0. The SMILES string of the molecule is C=CCC[C@@H](O)[C@@H]1CC[C@@H]([C@@H]2CC[C@H]([C@@H](CCCCCCCCCC)O[Si](C)(C)C(C)(C)C)O2)O1. The molecule has 1 N–H and O–H groups in total. The van der Waals surface area contributed by atoms with Crippen LogP contribution in [0.25, 0.3) is 0 Å². The van der Waals surface area contributed by atoms with E-state index in [2.05, 4.69) is 47.4 Å². The van der Waals surface area contributed by atoms with E-state index >= 15 is 0 Å². The van der Waals surface area contributed by atoms with Crippen LogP contribution in [0.1, 0.15) is 124 Å². The fourth-order valence-corrected chi connectivity index (χ4v) is 6.69. The number of aliphatic hydroxyl groups is 1. The van der Waals surface area contributed by atoms with Gasteiger partial charge >= 0.3 is 0 Å². The van der Waals surface area contributed by atoms with Crippen LogP contribution in [0.4, 0.5) is 0 Å². The normalized spacial score (nSPS) is 27.3. The molecule has 0 bridgehead atoms. The van der Waals surface area contributed by atoms with E-state index in [0.29, 0.717) is 0 Å². The lowest BCUT2D eigenvalue weighted by atomic mass is 10.0. The van der Waals surface area contributed by atoms with E-state index in [4.69, 9.17) is 13.9 Å². The Kier molecular flexibility index (Phi) is 13.5. The second kappa shape index (κ2) is 15.3. The zero-order valence-corrected chi connectivity index (χ0v) is 25.0. The molecule has 0 aromatic heterocycles. The largest absolute Gasteiger partial charge is 0.411 e. The summed E-state index contributed by atoms with van der Waals surface area (Å²) in [7, 11) is -1.87. The molecule has 0 spiro atoms. The molecule has 2 aliphatic rings. The van der Waals surface area contributed by atoms with Crippen molar-refractivity contribution >= 4 is 8.32 Å². The van der Waals surface area contributed by atoms with Gasteiger partial charge < -0.3 is 19.0 Å². The van der Waals surface area contributed by atoms with Crippen LogP contribution in [0, 0.1) is 0 Å². The van der Waals surface area contributed by atoms with Crippen molar-refractivity contribution in [1.29, 1.82) is 0 Å². The first-order valence-electron chi connectivity index (χ1n) is 14.9. The van der Waals surface area contributed by atoms with Gasteiger partial charge in [0.05, 0.1) is 36.6 Å². The molecule has 0 aliphatic carbocycles. The van der Waals surface area contributed by atoms with Crippen LogP contribution >= 0.6 is 0 Å². The fourth-order valence-electron chi connectivity index (χ4n) is 5.31. The minimum atomic E-state index is -1.87. The summed E-state index contributed by atoms with van der Waals surface area (Å²) >= 11 is 0. The van der Waals surface area contributed by atoms with Crippen molar-refractivity contribution < 1.29 is 19.0 Å². The third-order valence-electron chi connectivity index (χ3n) is 8.69. The van der Waals surface area contributed by atoms with Gasteiger partial charge in [-0.15, -0.1) is 6.58 Å². The predicted molar refractivity (Wildman–Crippen MR) is 151 cm³/mol. The molecule has 0 radical (unpaired) electrons. The van der Waals surface area contributed by atoms with Crippen molar-refractivity contribution in [2.45, 2.75) is 179 Å². The molecule has 4 nitrogen and oxygen atoms in total. The third-order valence-corrected chi connectivity index (χ3v) is 13.2. The van der Waals surface area contributed by atoms with Gasteiger partial charge in [0.15, 0.2) is 8.32 Å². The van der Waals surface area contributed by atoms with Crippen LogP contribution in [0.2, 0.25) is 18.1 Å². The summed E-state index contributed by atoms with van der Waals surface area (Å²) in [5.74, 6) is 0. The first-order chi connectivity index (χ1) is 16.6. The molecule has 2 heterocycles. The van der Waals surface area contributed by atoms with Crippen LogP contribution in [-0.4, -0.2) is 50.0 Å². The van der Waals surface area contributed by atoms with E-state index < -0.39 is 14.4 Å². The lowest BCUT2D eigenvalue weighted by Crippen LogP contribution is -2.47. The summed E-state index contributed by atoms with van der Waals surface area (Å²) in [6.07, 6.45) is 19.4. The van der Waals surface area contributed by atoms with Crippen LogP contribution in [-0.2, 0) is 13.9 Å². The smallest absolute Gasteiger partial charge is 0.192 e. The number of aliphatic hydroxyl groups excluding tert-OH is 1. The lowest BCUT2D eigenvalue weighted by molar-refractivity contribution is -0.108. The Balaban J connectivity index is 1.87. The van der Waals surface area contributed by atoms with E-state index in [1.54, 1.807) is 0 Å². The summed E-state index contributed by atoms with van der Waals surface area (Å²) in [6.45, 7) is 17.8. The van der Waals surface area contributed by atoms with E-state index in [9.17, 15) is 5.11 Å². The van der Waals surface area contributed by atoms with Crippen LogP contribution in [0.5, 0.6) is 0 Å². The second-order valence-electron chi connectivity index (χ2n) is 12.7. The van der Waals surface area contributed by atoms with Gasteiger partial charge in [-0.2, -0.15) is 0 Å². The molecular weight excluding hydrogens is 452 g/mol. The molecule has 0 saturated carbocycles. The lowest BCUT2D eigenvalue weighted by Gasteiger charge is -2.41. The first kappa shape index (κ1) is 31.0. The maximum absolute atomic E-state index is 10.5. The highest BCUT2D eigenvalue weighted by Gasteiger charge is 2.44. The van der Waals surface area contributed by atoms with E-state index in [0.717, 1.165) is 44.9 Å². The number of unbranched alkanes of at least 4 members (excludes halogenated alkanes) is 7. The highest BCUT2D eigenvalue weighted by atomic mass is 28.4. The van der Waals surface area contributed by atoms with Crippen LogP contribution in [0.15, 0.2) is 12.7 Å². The van der Waals surface area contributed by atoms with Gasteiger partial charge in [0.2, 0.25) is 0 Å². The molecule has 35 heavy (non-hydrogen) atoms. The quantitative estimate of drug-likeness (QED) is 0.121. The molecule has 6 atom stereocenters. The molecule has 0 unspecified atom stereocenters. The summed E-state index contributed by atoms with van der Waals surface area (Å²) in [5, 5.41) is 10.7. The van der Waals surface area contributed by atoms with E-state index in [1.165, 1.54) is 51.4 Å². The van der Waals surface area contributed by atoms with Crippen LogP contribution in [0.3, 0.4) is 0 Å².